The predicted octanol–water partition coefficient (Wildman–Crippen LogP) is 1.21. The Bertz CT molecular complexity index is 248. The fourth-order valence-corrected chi connectivity index (χ4v) is 1.11. The van der Waals surface area contributed by atoms with Gasteiger partial charge in [-0.3, -0.25) is 0 Å². The second-order valence-electron chi connectivity index (χ2n) is 2.79. The average molecular weight is 197 g/mol. The third-order valence-corrected chi connectivity index (χ3v) is 1.96. The number of aryl methyl sites for hydroxylation is 1. The molecule has 0 aliphatic rings. The van der Waals surface area contributed by atoms with Gasteiger partial charge in [-0.2, -0.15) is 12.6 Å². The topological polar surface area (TPSA) is 46.0 Å². The van der Waals surface area contributed by atoms with E-state index < -0.39 is 6.10 Å². The number of rotatable bonds is 4. The Labute approximate surface area is 83.6 Å². The number of nitrogens with zero attached hydrogens (tertiary/aromatic N) is 2. The number of hydrogen-bond acceptors (Lipinski definition) is 4. The van der Waals surface area contributed by atoms with Crippen molar-refractivity contribution in [3.05, 3.63) is 30.7 Å². The van der Waals surface area contributed by atoms with Gasteiger partial charge in [0.1, 0.15) is 6.10 Å². The maximum absolute atomic E-state index is 9.04. The highest BCUT2D eigenvalue weighted by atomic mass is 32.1. The van der Waals surface area contributed by atoms with Crippen LogP contribution in [0.2, 0.25) is 0 Å². The zero-order chi connectivity index (χ0) is 9.68. The molecule has 0 bridgehead atoms. The van der Waals surface area contributed by atoms with Gasteiger partial charge in [0.25, 0.3) is 0 Å². The van der Waals surface area contributed by atoms with E-state index in [1.807, 2.05) is 0 Å². The van der Waals surface area contributed by atoms with E-state index in [1.54, 1.807) is 12.4 Å². The second kappa shape index (κ2) is 5.19. The first-order valence-corrected chi connectivity index (χ1v) is 4.80. The zero-order valence-corrected chi connectivity index (χ0v) is 8.24. The summed E-state index contributed by atoms with van der Waals surface area (Å²) in [5.41, 5.74) is 1.07. The number of aromatic nitrogens is 2. The van der Waals surface area contributed by atoms with Crippen LogP contribution < -0.4 is 0 Å². The van der Waals surface area contributed by atoms with E-state index in [0.29, 0.717) is 5.82 Å². The summed E-state index contributed by atoms with van der Waals surface area (Å²) in [4.78, 5) is 7.97. The van der Waals surface area contributed by atoms with Crippen LogP contribution in [0.3, 0.4) is 0 Å². The maximum atomic E-state index is 9.04. The van der Waals surface area contributed by atoms with Gasteiger partial charge in [0.2, 0.25) is 0 Å². The highest BCUT2D eigenvalue weighted by Gasteiger charge is 2.03. The first kappa shape index (κ1) is 10.5. The van der Waals surface area contributed by atoms with Crippen molar-refractivity contribution in [1.82, 2.24) is 9.97 Å². The number of aliphatic hydroxyl groups is 1. The van der Waals surface area contributed by atoms with Gasteiger partial charge in [-0.15, -0.1) is 0 Å². The van der Waals surface area contributed by atoms with Crippen LogP contribution in [0, 0.1) is 6.92 Å². The van der Waals surface area contributed by atoms with E-state index in [-0.39, 0.29) is 0 Å². The van der Waals surface area contributed by atoms with Crippen molar-refractivity contribution in [3.8, 4) is 0 Å². The molecular weight excluding hydrogens is 184 g/mol. The van der Waals surface area contributed by atoms with Crippen LogP contribution in [-0.2, 0) is 6.42 Å². The third kappa shape index (κ3) is 3.32. The molecular formula is C9H13N2OS. The summed E-state index contributed by atoms with van der Waals surface area (Å²) in [5.74, 6) is 1.23. The van der Waals surface area contributed by atoms with Crippen molar-refractivity contribution in [2.24, 2.45) is 0 Å². The lowest BCUT2D eigenvalue weighted by molar-refractivity contribution is 0.215. The molecule has 3 nitrogen and oxygen atoms in total. The maximum Gasteiger partial charge on any atom is 0.156 e. The molecule has 0 spiro atoms. The highest BCUT2D eigenvalue weighted by Crippen LogP contribution is 2.06. The lowest BCUT2D eigenvalue weighted by atomic mass is 10.2. The van der Waals surface area contributed by atoms with Crippen molar-refractivity contribution in [2.45, 2.75) is 18.9 Å². The molecule has 4 heteroatoms. The first-order valence-electron chi connectivity index (χ1n) is 4.17. The Kier molecular flexibility index (Phi) is 4.18. The Morgan fingerprint density at radius 2 is 2.08 bits per heavy atom. The number of hydrogen-bond donors (Lipinski definition) is 2. The Balaban J connectivity index is 2.59. The van der Waals surface area contributed by atoms with E-state index in [9.17, 15) is 0 Å². The smallest absolute Gasteiger partial charge is 0.156 e. The molecule has 1 heterocycles. The van der Waals surface area contributed by atoms with Gasteiger partial charge in [0.15, 0.2) is 5.82 Å². The SMILES string of the molecule is [CH2]C(O)c1ncc(CCCS)cn1. The molecule has 1 unspecified atom stereocenters. The second-order valence-corrected chi connectivity index (χ2v) is 3.24. The van der Waals surface area contributed by atoms with Gasteiger partial charge in [-0.05, 0) is 31.1 Å². The van der Waals surface area contributed by atoms with Crippen molar-refractivity contribution in [2.75, 3.05) is 5.75 Å². The van der Waals surface area contributed by atoms with Gasteiger partial charge in [0, 0.05) is 12.4 Å². The molecule has 0 saturated carbocycles. The molecule has 1 aromatic rings. The minimum Gasteiger partial charge on any atom is -0.385 e. The summed E-state index contributed by atoms with van der Waals surface area (Å²) in [6.07, 6.45) is 4.55. The minimum absolute atomic E-state index is 0.370. The minimum atomic E-state index is -0.834. The quantitative estimate of drug-likeness (QED) is 0.713. The van der Waals surface area contributed by atoms with E-state index in [0.717, 1.165) is 24.2 Å². The van der Waals surface area contributed by atoms with Gasteiger partial charge in [-0.25, -0.2) is 9.97 Å². The van der Waals surface area contributed by atoms with Crippen LogP contribution in [0.4, 0.5) is 0 Å². The molecule has 0 aliphatic heterocycles. The highest BCUT2D eigenvalue weighted by molar-refractivity contribution is 7.80. The van der Waals surface area contributed by atoms with Gasteiger partial charge in [-0.1, -0.05) is 0 Å². The van der Waals surface area contributed by atoms with Gasteiger partial charge in [0.05, 0.1) is 0 Å². The van der Waals surface area contributed by atoms with E-state index in [2.05, 4.69) is 29.5 Å². The van der Waals surface area contributed by atoms with Crippen molar-refractivity contribution in [1.29, 1.82) is 0 Å². The summed E-state index contributed by atoms with van der Waals surface area (Å²) in [7, 11) is 0. The lowest BCUT2D eigenvalue weighted by Gasteiger charge is -2.03. The Morgan fingerprint density at radius 3 is 2.54 bits per heavy atom. The molecule has 71 valence electrons. The van der Waals surface area contributed by atoms with E-state index >= 15 is 0 Å². The Morgan fingerprint density at radius 1 is 1.46 bits per heavy atom. The van der Waals surface area contributed by atoms with Crippen molar-refractivity contribution in [3.63, 3.8) is 0 Å². The van der Waals surface area contributed by atoms with Gasteiger partial charge >= 0.3 is 0 Å². The molecule has 0 fully saturated rings. The molecule has 0 aliphatic carbocycles. The molecule has 1 rings (SSSR count). The number of thiol groups is 1. The van der Waals surface area contributed by atoms with Gasteiger partial charge < -0.3 is 5.11 Å². The third-order valence-electron chi connectivity index (χ3n) is 1.65. The Hall–Kier alpha value is -0.610. The standard InChI is InChI=1S/C9H13N2OS/c1-7(12)9-10-5-8(6-11-9)3-2-4-13/h5-7,12-13H,1-4H2. The lowest BCUT2D eigenvalue weighted by Crippen LogP contribution is -2.00. The predicted molar refractivity (Wildman–Crippen MR) is 54.5 cm³/mol. The first-order chi connectivity index (χ1) is 6.24. The zero-order valence-electron chi connectivity index (χ0n) is 7.35. The average Bonchev–Trinajstić information content (AvgIpc) is 2.15. The summed E-state index contributed by atoms with van der Waals surface area (Å²) in [6, 6.07) is 0. The van der Waals surface area contributed by atoms with Crippen LogP contribution in [0.5, 0.6) is 0 Å². The van der Waals surface area contributed by atoms with Crippen LogP contribution >= 0.6 is 12.6 Å². The van der Waals surface area contributed by atoms with E-state index in [1.165, 1.54) is 0 Å². The molecule has 0 aromatic carbocycles. The van der Waals surface area contributed by atoms with Crippen LogP contribution in [0.25, 0.3) is 0 Å². The molecule has 1 radical (unpaired) electrons. The summed E-state index contributed by atoms with van der Waals surface area (Å²) >= 11 is 4.11. The largest absolute Gasteiger partial charge is 0.385 e. The molecule has 0 saturated heterocycles. The molecule has 0 amide bonds. The summed E-state index contributed by atoms with van der Waals surface area (Å²) < 4.78 is 0. The molecule has 13 heavy (non-hydrogen) atoms. The normalized spacial score (nSPS) is 12.8. The molecule has 1 atom stereocenters. The van der Waals surface area contributed by atoms with Crippen LogP contribution in [-0.4, -0.2) is 20.8 Å². The van der Waals surface area contributed by atoms with Crippen molar-refractivity contribution >= 4 is 12.6 Å². The fraction of sp³-hybridized carbons (Fsp3) is 0.444. The van der Waals surface area contributed by atoms with Crippen LogP contribution in [0.15, 0.2) is 12.4 Å². The van der Waals surface area contributed by atoms with Crippen LogP contribution in [0.1, 0.15) is 23.9 Å². The summed E-state index contributed by atoms with van der Waals surface area (Å²) in [5, 5.41) is 9.04. The molecule has 1 aromatic heterocycles. The molecule has 1 N–H and O–H groups in total. The fourth-order valence-electron chi connectivity index (χ4n) is 0.949. The number of aliphatic hydroxyl groups excluding tert-OH is 1. The summed E-state index contributed by atoms with van der Waals surface area (Å²) in [6.45, 7) is 3.42. The monoisotopic (exact) mass is 197 g/mol. The van der Waals surface area contributed by atoms with E-state index in [4.69, 9.17) is 5.11 Å². The van der Waals surface area contributed by atoms with Crippen molar-refractivity contribution < 1.29 is 5.11 Å².